The molecule has 0 saturated heterocycles. The van der Waals surface area contributed by atoms with Crippen molar-refractivity contribution in [2.24, 2.45) is 0 Å². The maximum Gasteiger partial charge on any atom is 0 e. The second kappa shape index (κ2) is 16.6. The zero-order valence-electron chi connectivity index (χ0n) is 3.14. The fraction of sp³-hybridized carbons (Fsp3) is 0. The fourth-order valence-electron chi connectivity index (χ4n) is 0. The third-order valence-electron chi connectivity index (χ3n) is 0.0833. The Morgan fingerprint density at radius 1 is 1.67 bits per heavy atom. The van der Waals surface area contributed by atoms with Gasteiger partial charge in [0.25, 0.3) is 0 Å². The molecule has 0 N–H and O–H groups in total. The quantitative estimate of drug-likeness (QED) is 0.365. The van der Waals surface area contributed by atoms with Crippen molar-refractivity contribution in [1.29, 1.82) is 0 Å². The third kappa shape index (κ3) is 19.8. The Balaban J connectivity index is -0.0000000450. The summed E-state index contributed by atoms with van der Waals surface area (Å²) in [4.78, 5) is 8.93. The summed E-state index contributed by atoms with van der Waals surface area (Å²) in [5, 5.41) is 0. The Morgan fingerprint density at radius 3 is 1.83 bits per heavy atom. The first-order chi connectivity index (χ1) is 1.91. The zero-order chi connectivity index (χ0) is 3.41. The largest absolute Gasteiger partial charge is 0.419 e. The first-order valence-electron chi connectivity index (χ1n) is 0.901. The van der Waals surface area contributed by atoms with Crippen molar-refractivity contribution in [3.63, 3.8) is 0 Å². The van der Waals surface area contributed by atoms with Crippen molar-refractivity contribution in [1.82, 2.24) is 0 Å². The summed E-state index contributed by atoms with van der Waals surface area (Å²) in [6.07, 6.45) is 2.51. The van der Waals surface area contributed by atoms with Crippen LogP contribution in [0.15, 0.2) is 12.7 Å². The maximum atomic E-state index is 8.93. The van der Waals surface area contributed by atoms with Crippen molar-refractivity contribution in [2.45, 2.75) is 0 Å². The Kier molecular flexibility index (Phi) is 43.6. The van der Waals surface area contributed by atoms with Crippen LogP contribution in [0.4, 0.5) is 0 Å². The summed E-state index contributed by atoms with van der Waals surface area (Å²) >= 11 is 0. The van der Waals surface area contributed by atoms with E-state index in [-0.39, 0.29) is 48.6 Å². The van der Waals surface area contributed by atoms with Crippen LogP contribution >= 0.6 is 0 Å². The fourth-order valence-corrected chi connectivity index (χ4v) is 0. The van der Waals surface area contributed by atoms with Gasteiger partial charge >= 0.3 is 0 Å². The molecule has 0 aromatic rings. The van der Waals surface area contributed by atoms with Gasteiger partial charge in [-0.15, -0.1) is 0 Å². The molecule has 0 rings (SSSR count). The van der Waals surface area contributed by atoms with Crippen LogP contribution in [-0.2, 0) is 53.4 Å². The second-order valence-electron chi connectivity index (χ2n) is 0.322. The van der Waals surface area contributed by atoms with Gasteiger partial charge in [0, 0.05) is 48.6 Å². The number of rotatable bonds is 1. The molecular weight excluding hydrogens is 236 g/mol. The molecule has 0 aromatic carbocycles. The molecule has 0 aliphatic heterocycles. The van der Waals surface area contributed by atoms with Crippen LogP contribution in [0.5, 0.6) is 0 Å². The minimum absolute atomic E-state index is 0. The predicted molar refractivity (Wildman–Crippen MR) is 15.9 cm³/mol. The van der Waals surface area contributed by atoms with Crippen LogP contribution in [0.25, 0.3) is 0 Å². The minimum Gasteiger partial charge on any atom is -0.419 e. The van der Waals surface area contributed by atoms with Crippen molar-refractivity contribution in [3.05, 3.63) is 12.7 Å². The van der Waals surface area contributed by atoms with E-state index in [9.17, 15) is 0 Å². The van der Waals surface area contributed by atoms with E-state index in [1.54, 1.807) is 0 Å². The van der Waals surface area contributed by atoms with Gasteiger partial charge in [-0.1, -0.05) is 0 Å². The molecule has 6 heavy (non-hydrogen) atoms. The molecule has 0 aromatic heterocycles. The normalized spacial score (nSPS) is 3.33. The molecule has 0 aliphatic carbocycles. The van der Waals surface area contributed by atoms with Crippen molar-refractivity contribution in [3.8, 4) is 0 Å². The van der Waals surface area contributed by atoms with E-state index in [0.717, 1.165) is 6.08 Å². The Morgan fingerprint density at radius 2 is 1.83 bits per heavy atom. The predicted octanol–water partition coefficient (Wildman–Crippen LogP) is 0.277. The smallest absolute Gasteiger partial charge is 0 e. The number of hydrogen-bond acceptors (Lipinski definition) is 1. The van der Waals surface area contributed by atoms with E-state index in [4.69, 9.17) is 4.79 Å². The topological polar surface area (TPSA) is 17.1 Å². The van der Waals surface area contributed by atoms with Crippen molar-refractivity contribution in [2.75, 3.05) is 0 Å². The van der Waals surface area contributed by atoms with E-state index in [1.165, 1.54) is 6.29 Å². The van der Waals surface area contributed by atoms with Crippen LogP contribution in [0.3, 0.4) is 0 Å². The summed E-state index contributed by atoms with van der Waals surface area (Å²) in [6.45, 7) is 3.06. The first kappa shape index (κ1) is 15.7. The molecule has 0 fully saturated rings. The molecule has 0 atom stereocenters. The average molecular weight is 239 g/mol. The van der Waals surface area contributed by atoms with E-state index in [1.807, 2.05) is 0 Å². The monoisotopic (exact) mass is 238 g/mol. The number of carbonyl (C=O) groups excluding carboxylic acids is 1. The molecule has 0 amide bonds. The first-order valence-corrected chi connectivity index (χ1v) is 0.901. The van der Waals surface area contributed by atoms with Crippen LogP contribution in [-0.4, -0.2) is 6.29 Å². The molecule has 1 radical (unpaired) electrons. The van der Waals surface area contributed by atoms with Crippen LogP contribution < -0.4 is 0 Å². The minimum atomic E-state index is 0. The van der Waals surface area contributed by atoms with Gasteiger partial charge in [-0.2, -0.15) is 0 Å². The summed E-state index contributed by atoms with van der Waals surface area (Å²) in [6, 6.07) is 0. The Labute approximate surface area is 71.8 Å². The summed E-state index contributed by atoms with van der Waals surface area (Å²) in [5.74, 6) is 0. The Hall–Kier alpha value is 1.03. The van der Waals surface area contributed by atoms with E-state index >= 15 is 0 Å². The molecule has 31 valence electrons. The Bertz CT molecular complexity index is 31.8. The van der Waals surface area contributed by atoms with Crippen molar-refractivity contribution >= 4 is 6.29 Å². The number of hydrogen-bond donors (Lipinski definition) is 0. The number of allylic oxidation sites excluding steroid dienone is 1. The van der Waals surface area contributed by atoms with Gasteiger partial charge in [0.15, 0.2) is 0 Å². The van der Waals surface area contributed by atoms with Gasteiger partial charge in [-0.05, 0) is 6.29 Å². The van der Waals surface area contributed by atoms with Crippen LogP contribution in [0, 0.1) is 0 Å². The molecule has 0 aliphatic rings. The summed E-state index contributed by atoms with van der Waals surface area (Å²) in [5.41, 5.74) is 0. The van der Waals surface area contributed by atoms with Gasteiger partial charge < -0.3 is 4.79 Å². The molecule has 1 nitrogen and oxygen atoms in total. The SMILES string of the molecule is C=C[C-]=O.[Nb].[Zr]. The standard InChI is InChI=1S/C3H3O.Nb.Zr/c1-2-3-4;;/h2H,1H2;;/q-1;;. The van der Waals surface area contributed by atoms with Gasteiger partial charge in [-0.25, -0.2) is 12.7 Å². The van der Waals surface area contributed by atoms with Gasteiger partial charge in [0.05, 0.1) is 0 Å². The van der Waals surface area contributed by atoms with Gasteiger partial charge in [0.2, 0.25) is 0 Å². The molecule has 0 heterocycles. The van der Waals surface area contributed by atoms with Crippen LogP contribution in [0.1, 0.15) is 0 Å². The summed E-state index contributed by atoms with van der Waals surface area (Å²) < 4.78 is 0. The maximum absolute atomic E-state index is 8.93. The van der Waals surface area contributed by atoms with E-state index < -0.39 is 0 Å². The molecule has 3 heteroatoms. The second-order valence-corrected chi connectivity index (χ2v) is 0.322. The molecule has 0 saturated carbocycles. The van der Waals surface area contributed by atoms with Crippen molar-refractivity contribution < 1.29 is 53.4 Å². The van der Waals surface area contributed by atoms with Gasteiger partial charge in [0.1, 0.15) is 0 Å². The summed E-state index contributed by atoms with van der Waals surface area (Å²) in [7, 11) is 0. The molecule has 0 spiro atoms. The molecule has 0 unspecified atom stereocenters. The third-order valence-corrected chi connectivity index (χ3v) is 0.0833. The zero-order valence-corrected chi connectivity index (χ0v) is 7.80. The van der Waals surface area contributed by atoms with Crippen LogP contribution in [0.2, 0.25) is 0 Å². The molecule has 0 bridgehead atoms. The van der Waals surface area contributed by atoms with Gasteiger partial charge in [-0.3, -0.25) is 0 Å². The molecular formula is C3H3NbOZr-. The van der Waals surface area contributed by atoms with E-state index in [2.05, 4.69) is 6.58 Å². The average Bonchev–Trinajstić information content (AvgIpc) is 1.37. The van der Waals surface area contributed by atoms with E-state index in [0.29, 0.717) is 0 Å².